The van der Waals surface area contributed by atoms with E-state index in [2.05, 4.69) is 12.2 Å². The summed E-state index contributed by atoms with van der Waals surface area (Å²) < 4.78 is 10.2. The maximum Gasteiger partial charge on any atom is 0.230 e. The van der Waals surface area contributed by atoms with Crippen LogP contribution in [0.1, 0.15) is 39.5 Å². The normalized spacial score (nSPS) is 11.5. The molecule has 0 aliphatic rings. The van der Waals surface area contributed by atoms with Crippen molar-refractivity contribution in [2.24, 2.45) is 5.41 Å². The van der Waals surface area contributed by atoms with Crippen molar-refractivity contribution in [2.45, 2.75) is 39.5 Å². The van der Waals surface area contributed by atoms with E-state index >= 15 is 0 Å². The van der Waals surface area contributed by atoms with Gasteiger partial charge in [-0.2, -0.15) is 0 Å². The first kappa shape index (κ1) is 16.4. The van der Waals surface area contributed by atoms with Crippen molar-refractivity contribution in [3.63, 3.8) is 0 Å². The van der Waals surface area contributed by atoms with Gasteiger partial charge in [0.05, 0.1) is 18.6 Å². The van der Waals surface area contributed by atoms with Gasteiger partial charge in [-0.1, -0.05) is 26.2 Å². The molecule has 0 rings (SSSR count). The summed E-state index contributed by atoms with van der Waals surface area (Å²) in [6.45, 7) is 5.53. The Morgan fingerprint density at radius 1 is 1.12 bits per heavy atom. The topological polar surface area (TPSA) is 47.6 Å². The Bertz CT molecular complexity index is 201. The number of nitrogens with one attached hydrogen (secondary N) is 1. The van der Waals surface area contributed by atoms with Crippen LogP contribution in [-0.4, -0.2) is 39.9 Å². The summed E-state index contributed by atoms with van der Waals surface area (Å²) in [5, 5.41) is 2.95. The number of methoxy groups -OCH3 is 2. The molecule has 1 amide bonds. The number of hydrogen-bond acceptors (Lipinski definition) is 3. The van der Waals surface area contributed by atoms with Crippen LogP contribution in [-0.2, 0) is 14.3 Å². The van der Waals surface area contributed by atoms with Gasteiger partial charge in [-0.3, -0.25) is 4.79 Å². The van der Waals surface area contributed by atoms with Crippen molar-refractivity contribution < 1.29 is 14.3 Å². The van der Waals surface area contributed by atoms with Gasteiger partial charge in [0.2, 0.25) is 5.91 Å². The zero-order valence-electron chi connectivity index (χ0n) is 11.7. The van der Waals surface area contributed by atoms with Crippen molar-refractivity contribution >= 4 is 5.91 Å². The van der Waals surface area contributed by atoms with Gasteiger partial charge in [-0.05, 0) is 13.3 Å². The second kappa shape index (κ2) is 9.42. The molecule has 0 unspecified atom stereocenters. The van der Waals surface area contributed by atoms with Crippen LogP contribution in [0.3, 0.4) is 0 Å². The van der Waals surface area contributed by atoms with E-state index < -0.39 is 5.41 Å². The Morgan fingerprint density at radius 2 is 1.71 bits per heavy atom. The smallest absolute Gasteiger partial charge is 0.230 e. The minimum atomic E-state index is -0.589. The highest BCUT2D eigenvalue weighted by atomic mass is 16.5. The molecule has 0 heterocycles. The number of rotatable bonds is 10. The van der Waals surface area contributed by atoms with E-state index in [1.54, 1.807) is 14.2 Å². The van der Waals surface area contributed by atoms with Gasteiger partial charge in [0.15, 0.2) is 0 Å². The second-order valence-corrected chi connectivity index (χ2v) is 4.74. The Balaban J connectivity index is 3.97. The summed E-state index contributed by atoms with van der Waals surface area (Å²) in [4.78, 5) is 12.0. The average molecular weight is 245 g/mol. The molecular weight excluding hydrogens is 218 g/mol. The van der Waals surface area contributed by atoms with E-state index in [1.807, 2.05) is 6.92 Å². The molecule has 4 heteroatoms. The average Bonchev–Trinajstić information content (AvgIpc) is 2.29. The van der Waals surface area contributed by atoms with Crippen LogP contribution in [0.4, 0.5) is 0 Å². The van der Waals surface area contributed by atoms with Crippen LogP contribution in [0.15, 0.2) is 0 Å². The molecule has 0 spiro atoms. The molecule has 0 bridgehead atoms. The minimum Gasteiger partial charge on any atom is -0.383 e. The Morgan fingerprint density at radius 3 is 2.18 bits per heavy atom. The van der Waals surface area contributed by atoms with E-state index in [4.69, 9.17) is 9.47 Å². The molecule has 1 N–H and O–H groups in total. The van der Waals surface area contributed by atoms with Gasteiger partial charge in [-0.15, -0.1) is 0 Å². The van der Waals surface area contributed by atoms with Crippen molar-refractivity contribution in [3.05, 3.63) is 0 Å². The van der Waals surface area contributed by atoms with Crippen molar-refractivity contribution in [1.29, 1.82) is 0 Å². The highest BCUT2D eigenvalue weighted by molar-refractivity contribution is 5.82. The fourth-order valence-electron chi connectivity index (χ4n) is 1.78. The van der Waals surface area contributed by atoms with Crippen LogP contribution in [0.25, 0.3) is 0 Å². The molecular formula is C13H27NO3. The molecule has 4 nitrogen and oxygen atoms in total. The summed E-state index contributed by atoms with van der Waals surface area (Å²) >= 11 is 0. The van der Waals surface area contributed by atoms with Crippen molar-refractivity contribution in [2.75, 3.05) is 34.0 Å². The van der Waals surface area contributed by atoms with Crippen LogP contribution >= 0.6 is 0 Å². The summed E-state index contributed by atoms with van der Waals surface area (Å²) in [7, 11) is 3.20. The molecule has 0 aromatic rings. The largest absolute Gasteiger partial charge is 0.383 e. The Labute approximate surface area is 105 Å². The standard InChI is InChI=1S/C13H27NO3/c1-5-6-7-8-9-14-12(15)13(2,10-16-3)11-17-4/h5-11H2,1-4H3,(H,14,15). The number of unbranched alkanes of at least 4 members (excludes halogenated alkanes) is 3. The zero-order valence-corrected chi connectivity index (χ0v) is 11.7. The predicted molar refractivity (Wildman–Crippen MR) is 69.0 cm³/mol. The van der Waals surface area contributed by atoms with E-state index in [-0.39, 0.29) is 5.91 Å². The lowest BCUT2D eigenvalue weighted by molar-refractivity contribution is -0.136. The number of ether oxygens (including phenoxy) is 2. The van der Waals surface area contributed by atoms with Crippen LogP contribution < -0.4 is 5.32 Å². The van der Waals surface area contributed by atoms with Gasteiger partial charge in [-0.25, -0.2) is 0 Å². The van der Waals surface area contributed by atoms with Gasteiger partial charge >= 0.3 is 0 Å². The summed E-state index contributed by atoms with van der Waals surface area (Å²) in [6.07, 6.45) is 4.64. The maximum atomic E-state index is 12.0. The molecule has 17 heavy (non-hydrogen) atoms. The molecule has 0 aromatic carbocycles. The first-order valence-corrected chi connectivity index (χ1v) is 6.37. The summed E-state index contributed by atoms with van der Waals surface area (Å²) in [5.41, 5.74) is -0.589. The van der Waals surface area contributed by atoms with Gasteiger partial charge in [0.1, 0.15) is 0 Å². The Hall–Kier alpha value is -0.610. The lowest BCUT2D eigenvalue weighted by Gasteiger charge is -2.26. The number of carbonyl (C=O) groups is 1. The molecule has 0 atom stereocenters. The molecule has 0 fully saturated rings. The summed E-state index contributed by atoms with van der Waals surface area (Å²) in [5.74, 6) is 0.0118. The molecule has 0 saturated heterocycles. The van der Waals surface area contributed by atoms with E-state index in [9.17, 15) is 4.79 Å². The van der Waals surface area contributed by atoms with E-state index in [0.717, 1.165) is 13.0 Å². The third kappa shape index (κ3) is 6.64. The third-order valence-corrected chi connectivity index (χ3v) is 2.79. The fourth-order valence-corrected chi connectivity index (χ4v) is 1.78. The van der Waals surface area contributed by atoms with E-state index in [1.165, 1.54) is 19.3 Å². The highest BCUT2D eigenvalue weighted by Crippen LogP contribution is 2.17. The lowest BCUT2D eigenvalue weighted by Crippen LogP contribution is -2.45. The quantitative estimate of drug-likeness (QED) is 0.599. The monoisotopic (exact) mass is 245 g/mol. The fraction of sp³-hybridized carbons (Fsp3) is 0.923. The zero-order chi connectivity index (χ0) is 13.1. The number of hydrogen-bond donors (Lipinski definition) is 1. The molecule has 0 aromatic heterocycles. The van der Waals surface area contributed by atoms with Crippen molar-refractivity contribution in [1.82, 2.24) is 5.32 Å². The Kier molecular flexibility index (Phi) is 9.09. The second-order valence-electron chi connectivity index (χ2n) is 4.74. The highest BCUT2D eigenvalue weighted by Gasteiger charge is 2.33. The molecule has 0 saturated carbocycles. The van der Waals surface area contributed by atoms with Crippen molar-refractivity contribution in [3.8, 4) is 0 Å². The molecule has 102 valence electrons. The van der Waals surface area contributed by atoms with E-state index in [0.29, 0.717) is 13.2 Å². The molecule has 0 aliphatic carbocycles. The minimum absolute atomic E-state index is 0.0118. The van der Waals surface area contributed by atoms with Crippen LogP contribution in [0.2, 0.25) is 0 Å². The lowest BCUT2D eigenvalue weighted by atomic mass is 9.91. The van der Waals surface area contributed by atoms with Gasteiger partial charge < -0.3 is 14.8 Å². The summed E-state index contributed by atoms with van der Waals surface area (Å²) in [6, 6.07) is 0. The van der Waals surface area contributed by atoms with Gasteiger partial charge in [0.25, 0.3) is 0 Å². The SMILES string of the molecule is CCCCCCNC(=O)C(C)(COC)COC. The van der Waals surface area contributed by atoms with Gasteiger partial charge in [0, 0.05) is 20.8 Å². The van der Waals surface area contributed by atoms with Crippen LogP contribution in [0, 0.1) is 5.41 Å². The molecule has 0 aliphatic heterocycles. The number of carbonyl (C=O) groups excluding carboxylic acids is 1. The first-order chi connectivity index (χ1) is 8.10. The number of amides is 1. The first-order valence-electron chi connectivity index (χ1n) is 6.37. The third-order valence-electron chi connectivity index (χ3n) is 2.79. The van der Waals surface area contributed by atoms with Crippen LogP contribution in [0.5, 0.6) is 0 Å². The maximum absolute atomic E-state index is 12.0. The predicted octanol–water partition coefficient (Wildman–Crippen LogP) is 1.98. The molecule has 0 radical (unpaired) electrons.